The number of carbonyl (C=O) groups is 3. The van der Waals surface area contributed by atoms with Crippen LogP contribution in [0.5, 0.6) is 11.5 Å². The quantitative estimate of drug-likeness (QED) is 0.659. The highest BCUT2D eigenvalue weighted by Gasteiger charge is 2.38. The molecule has 2 aliphatic heterocycles. The van der Waals surface area contributed by atoms with Gasteiger partial charge >= 0.3 is 0 Å². The molecule has 30 heavy (non-hydrogen) atoms. The molecule has 8 nitrogen and oxygen atoms in total. The zero-order chi connectivity index (χ0) is 21.7. The molecule has 1 N–H and O–H groups in total. The maximum atomic E-state index is 12.8. The Kier molecular flexibility index (Phi) is 7.38. The van der Waals surface area contributed by atoms with Gasteiger partial charge in [0.2, 0.25) is 5.91 Å². The van der Waals surface area contributed by atoms with Crippen molar-refractivity contribution in [2.75, 3.05) is 33.9 Å². The van der Waals surface area contributed by atoms with Crippen molar-refractivity contribution in [3.05, 3.63) is 28.7 Å². The molecule has 0 bridgehead atoms. The minimum absolute atomic E-state index is 0.00243. The summed E-state index contributed by atoms with van der Waals surface area (Å²) >= 11 is 0.806. The molecule has 1 aromatic carbocycles. The van der Waals surface area contributed by atoms with Gasteiger partial charge in [-0.25, -0.2) is 0 Å². The Labute approximate surface area is 179 Å². The third-order valence-corrected chi connectivity index (χ3v) is 6.21. The van der Waals surface area contributed by atoms with E-state index in [1.165, 1.54) is 7.11 Å². The monoisotopic (exact) mass is 434 g/mol. The number of carbonyl (C=O) groups excluding carboxylic acids is 3. The summed E-state index contributed by atoms with van der Waals surface area (Å²) in [5.41, 5.74) is 0.633. The number of nitrogens with zero attached hydrogens (tertiary/aromatic N) is 2. The molecule has 2 saturated heterocycles. The molecule has 0 radical (unpaired) electrons. The molecule has 0 saturated carbocycles. The second kappa shape index (κ2) is 9.99. The maximum Gasteiger partial charge on any atom is 0.294 e. The molecule has 0 aromatic heterocycles. The number of rotatable bonds is 7. The predicted octanol–water partition coefficient (Wildman–Crippen LogP) is 2.50. The number of imide groups is 1. The van der Waals surface area contributed by atoms with Crippen LogP contribution in [-0.2, 0) is 9.59 Å². The number of aliphatic hydroxyl groups excluding tert-OH is 1. The lowest BCUT2D eigenvalue weighted by Crippen LogP contribution is -2.49. The van der Waals surface area contributed by atoms with Crippen molar-refractivity contribution in [2.45, 2.75) is 31.7 Å². The molecule has 3 rings (SSSR count). The Morgan fingerprint density at radius 3 is 2.77 bits per heavy atom. The fourth-order valence-corrected chi connectivity index (χ4v) is 4.55. The van der Waals surface area contributed by atoms with E-state index in [4.69, 9.17) is 9.47 Å². The summed E-state index contributed by atoms with van der Waals surface area (Å²) in [6.45, 7) is 0.296. The van der Waals surface area contributed by atoms with Crippen molar-refractivity contribution < 1.29 is 29.0 Å². The minimum Gasteiger partial charge on any atom is -0.497 e. The van der Waals surface area contributed by atoms with E-state index < -0.39 is 11.1 Å². The molecule has 1 aromatic rings. The van der Waals surface area contributed by atoms with Crippen LogP contribution in [0.2, 0.25) is 0 Å². The Bertz CT molecular complexity index is 854. The van der Waals surface area contributed by atoms with Crippen LogP contribution in [0.3, 0.4) is 0 Å². The van der Waals surface area contributed by atoms with Crippen LogP contribution in [0, 0.1) is 0 Å². The SMILES string of the molecule is COc1ccc(/C=C2\SC(=O)N(CC(=O)N3CCCCC3CCO)C2=O)c(OC)c1. The Balaban J connectivity index is 1.75. The largest absolute Gasteiger partial charge is 0.497 e. The van der Waals surface area contributed by atoms with E-state index >= 15 is 0 Å². The van der Waals surface area contributed by atoms with Gasteiger partial charge in [0, 0.05) is 30.8 Å². The summed E-state index contributed by atoms with van der Waals surface area (Å²) in [6.07, 6.45) is 4.80. The summed E-state index contributed by atoms with van der Waals surface area (Å²) in [7, 11) is 3.06. The first-order valence-electron chi connectivity index (χ1n) is 9.86. The van der Waals surface area contributed by atoms with Gasteiger partial charge in [-0.05, 0) is 55.7 Å². The van der Waals surface area contributed by atoms with Gasteiger partial charge in [0.15, 0.2) is 0 Å². The fraction of sp³-hybridized carbons (Fsp3) is 0.476. The predicted molar refractivity (Wildman–Crippen MR) is 113 cm³/mol. The van der Waals surface area contributed by atoms with Gasteiger partial charge in [0.05, 0.1) is 19.1 Å². The lowest BCUT2D eigenvalue weighted by Gasteiger charge is -2.36. The van der Waals surface area contributed by atoms with Crippen LogP contribution in [0.1, 0.15) is 31.2 Å². The number of aliphatic hydroxyl groups is 1. The molecule has 2 fully saturated rings. The van der Waals surface area contributed by atoms with Crippen LogP contribution in [0.15, 0.2) is 23.1 Å². The number of hydrogen-bond acceptors (Lipinski definition) is 7. The van der Waals surface area contributed by atoms with Crippen molar-refractivity contribution in [1.29, 1.82) is 0 Å². The molecule has 0 aliphatic carbocycles. The zero-order valence-corrected chi connectivity index (χ0v) is 17.9. The first-order chi connectivity index (χ1) is 14.5. The van der Waals surface area contributed by atoms with E-state index in [1.807, 2.05) is 0 Å². The van der Waals surface area contributed by atoms with Crippen LogP contribution in [0.25, 0.3) is 6.08 Å². The van der Waals surface area contributed by atoms with Crippen LogP contribution < -0.4 is 9.47 Å². The van der Waals surface area contributed by atoms with Crippen LogP contribution in [0.4, 0.5) is 4.79 Å². The van der Waals surface area contributed by atoms with Gasteiger partial charge < -0.3 is 19.5 Å². The van der Waals surface area contributed by atoms with Gasteiger partial charge in [-0.2, -0.15) is 0 Å². The molecule has 0 spiro atoms. The highest BCUT2D eigenvalue weighted by molar-refractivity contribution is 8.18. The summed E-state index contributed by atoms with van der Waals surface area (Å²) in [6, 6.07) is 5.12. The van der Waals surface area contributed by atoms with Crippen molar-refractivity contribution in [3.8, 4) is 11.5 Å². The fourth-order valence-electron chi connectivity index (χ4n) is 3.72. The first-order valence-corrected chi connectivity index (χ1v) is 10.7. The number of amides is 3. The topological polar surface area (TPSA) is 96.4 Å². The second-order valence-electron chi connectivity index (χ2n) is 7.12. The van der Waals surface area contributed by atoms with Crippen molar-refractivity contribution >= 4 is 34.9 Å². The zero-order valence-electron chi connectivity index (χ0n) is 17.1. The van der Waals surface area contributed by atoms with Gasteiger partial charge in [0.1, 0.15) is 18.0 Å². The number of benzene rings is 1. The number of likely N-dealkylation sites (tertiary alicyclic amines) is 1. The first kappa shape index (κ1) is 22.2. The normalized spacial score (nSPS) is 20.8. The Morgan fingerprint density at radius 2 is 2.07 bits per heavy atom. The summed E-state index contributed by atoms with van der Waals surface area (Å²) in [5.74, 6) is 0.365. The molecule has 162 valence electrons. The van der Waals surface area contributed by atoms with Crippen molar-refractivity contribution in [3.63, 3.8) is 0 Å². The van der Waals surface area contributed by atoms with E-state index in [-0.39, 0.29) is 30.0 Å². The molecular weight excluding hydrogens is 408 g/mol. The van der Waals surface area contributed by atoms with Gasteiger partial charge in [-0.1, -0.05) is 0 Å². The van der Waals surface area contributed by atoms with Gasteiger partial charge in [-0.15, -0.1) is 0 Å². The molecule has 2 heterocycles. The number of piperidine rings is 1. The number of ether oxygens (including phenoxy) is 2. The summed E-state index contributed by atoms with van der Waals surface area (Å²) in [4.78, 5) is 41.0. The number of hydrogen-bond donors (Lipinski definition) is 1. The average Bonchev–Trinajstić information content (AvgIpc) is 3.02. The summed E-state index contributed by atoms with van der Waals surface area (Å²) < 4.78 is 10.5. The Morgan fingerprint density at radius 1 is 1.27 bits per heavy atom. The molecule has 1 atom stereocenters. The molecule has 3 amide bonds. The van der Waals surface area contributed by atoms with Crippen LogP contribution >= 0.6 is 11.8 Å². The highest BCUT2D eigenvalue weighted by Crippen LogP contribution is 2.35. The third-order valence-electron chi connectivity index (χ3n) is 5.30. The molecular formula is C21H26N2O6S. The lowest BCUT2D eigenvalue weighted by atomic mass is 9.99. The van der Waals surface area contributed by atoms with Crippen molar-refractivity contribution in [1.82, 2.24) is 9.80 Å². The maximum absolute atomic E-state index is 12.8. The average molecular weight is 435 g/mol. The van der Waals surface area contributed by atoms with E-state index in [2.05, 4.69) is 0 Å². The molecule has 9 heteroatoms. The third kappa shape index (κ3) is 4.79. The molecule has 2 aliphatic rings. The second-order valence-corrected chi connectivity index (χ2v) is 8.12. The van der Waals surface area contributed by atoms with E-state index in [9.17, 15) is 19.5 Å². The summed E-state index contributed by atoms with van der Waals surface area (Å²) in [5, 5.41) is 8.78. The molecule has 1 unspecified atom stereocenters. The van der Waals surface area contributed by atoms with Crippen molar-refractivity contribution in [2.24, 2.45) is 0 Å². The number of methoxy groups -OCH3 is 2. The Hall–Kier alpha value is -2.52. The smallest absolute Gasteiger partial charge is 0.294 e. The highest BCUT2D eigenvalue weighted by atomic mass is 32.2. The van der Waals surface area contributed by atoms with Gasteiger partial charge in [-0.3, -0.25) is 19.3 Å². The standard InChI is InChI=1S/C21H26N2O6S/c1-28-16-7-6-14(17(12-16)29-2)11-18-20(26)23(21(27)30-18)13-19(25)22-9-4-3-5-15(22)8-10-24/h6-7,11-12,15,24H,3-5,8-10,13H2,1-2H3/b18-11-. The van der Waals surface area contributed by atoms with E-state index in [0.717, 1.165) is 35.9 Å². The van der Waals surface area contributed by atoms with E-state index in [1.54, 1.807) is 36.3 Å². The van der Waals surface area contributed by atoms with Gasteiger partial charge in [0.25, 0.3) is 11.1 Å². The minimum atomic E-state index is -0.494. The number of thioether (sulfide) groups is 1. The van der Waals surface area contributed by atoms with E-state index in [0.29, 0.717) is 30.0 Å². The van der Waals surface area contributed by atoms with Crippen LogP contribution in [-0.4, -0.2) is 71.9 Å². The lowest BCUT2D eigenvalue weighted by molar-refractivity contribution is -0.139.